The monoisotopic (exact) mass is 233 g/mol. The van der Waals surface area contributed by atoms with Crippen LogP contribution in [0.5, 0.6) is 0 Å². The van der Waals surface area contributed by atoms with Gasteiger partial charge in [-0.15, -0.1) is 0 Å². The maximum Gasteiger partial charge on any atom is 0.304 e. The molecule has 2 N–H and O–H groups in total. The summed E-state index contributed by atoms with van der Waals surface area (Å²) in [6.45, 7) is 1.27. The highest BCUT2D eigenvalue weighted by atomic mass is 16.4. The lowest BCUT2D eigenvalue weighted by Crippen LogP contribution is -2.20. The van der Waals surface area contributed by atoms with Gasteiger partial charge >= 0.3 is 5.97 Å². The Morgan fingerprint density at radius 1 is 1.29 bits per heavy atom. The molecule has 1 aromatic carbocycles. The van der Waals surface area contributed by atoms with Crippen LogP contribution in [-0.4, -0.2) is 24.2 Å². The second-order valence-electron chi connectivity index (χ2n) is 3.90. The first kappa shape index (κ1) is 11.7. The Labute approximate surface area is 99.2 Å². The number of nitrogens with one attached hydrogen (secondary N) is 1. The van der Waals surface area contributed by atoms with E-state index in [0.29, 0.717) is 6.54 Å². The fourth-order valence-electron chi connectivity index (χ4n) is 1.77. The SMILES string of the molecule is O=C(O)CCNCCc1coc2ccccc12. The molecule has 90 valence electrons. The highest BCUT2D eigenvalue weighted by Crippen LogP contribution is 2.20. The number of carbonyl (C=O) groups is 1. The summed E-state index contributed by atoms with van der Waals surface area (Å²) < 4.78 is 5.42. The summed E-state index contributed by atoms with van der Waals surface area (Å²) in [6, 6.07) is 7.90. The molecule has 1 heterocycles. The van der Waals surface area contributed by atoms with E-state index in [9.17, 15) is 4.79 Å². The Bertz CT molecular complexity index is 504. The minimum absolute atomic E-state index is 0.159. The number of benzene rings is 1. The fraction of sp³-hybridized carbons (Fsp3) is 0.308. The van der Waals surface area contributed by atoms with Crippen molar-refractivity contribution in [1.29, 1.82) is 0 Å². The Kier molecular flexibility index (Phi) is 3.77. The van der Waals surface area contributed by atoms with Gasteiger partial charge in [-0.25, -0.2) is 0 Å². The number of carboxylic acid groups (broad SMARTS) is 1. The van der Waals surface area contributed by atoms with E-state index in [0.717, 1.165) is 29.5 Å². The molecule has 2 aromatic rings. The molecule has 0 aliphatic rings. The summed E-state index contributed by atoms with van der Waals surface area (Å²) in [5, 5.41) is 12.7. The van der Waals surface area contributed by atoms with E-state index >= 15 is 0 Å². The van der Waals surface area contributed by atoms with Crippen LogP contribution in [0.25, 0.3) is 11.0 Å². The standard InChI is InChI=1S/C13H15NO3/c15-13(16)6-8-14-7-5-10-9-17-12-4-2-1-3-11(10)12/h1-4,9,14H,5-8H2,(H,15,16). The molecule has 17 heavy (non-hydrogen) atoms. The molecule has 2 rings (SSSR count). The molecule has 0 aliphatic heterocycles. The lowest BCUT2D eigenvalue weighted by molar-refractivity contribution is -0.136. The number of hydrogen-bond acceptors (Lipinski definition) is 3. The predicted molar refractivity (Wildman–Crippen MR) is 65.0 cm³/mol. The van der Waals surface area contributed by atoms with Crippen LogP contribution >= 0.6 is 0 Å². The first-order chi connectivity index (χ1) is 8.27. The van der Waals surface area contributed by atoms with Crippen LogP contribution in [-0.2, 0) is 11.2 Å². The van der Waals surface area contributed by atoms with Crippen LogP contribution in [0, 0.1) is 0 Å². The minimum atomic E-state index is -0.772. The van der Waals surface area contributed by atoms with Crippen molar-refractivity contribution in [1.82, 2.24) is 5.32 Å². The Balaban J connectivity index is 1.85. The summed E-state index contributed by atoms with van der Waals surface area (Å²) in [5.74, 6) is -0.772. The summed E-state index contributed by atoms with van der Waals surface area (Å²) >= 11 is 0. The quantitative estimate of drug-likeness (QED) is 0.749. The zero-order valence-corrected chi connectivity index (χ0v) is 9.48. The van der Waals surface area contributed by atoms with Gasteiger partial charge < -0.3 is 14.8 Å². The summed E-state index contributed by atoms with van der Waals surface area (Å²) in [6.07, 6.45) is 2.77. The predicted octanol–water partition coefficient (Wildman–Crippen LogP) is 2.04. The van der Waals surface area contributed by atoms with Crippen molar-refractivity contribution in [2.75, 3.05) is 13.1 Å². The molecule has 4 nitrogen and oxygen atoms in total. The largest absolute Gasteiger partial charge is 0.481 e. The molecule has 0 fully saturated rings. The molecule has 0 saturated carbocycles. The maximum absolute atomic E-state index is 10.3. The van der Waals surface area contributed by atoms with Crippen molar-refractivity contribution in [2.24, 2.45) is 0 Å². The number of rotatable bonds is 6. The summed E-state index contributed by atoms with van der Waals surface area (Å²) in [5.41, 5.74) is 2.05. The number of furan rings is 1. The summed E-state index contributed by atoms with van der Waals surface area (Å²) in [7, 11) is 0. The first-order valence-corrected chi connectivity index (χ1v) is 5.65. The van der Waals surface area contributed by atoms with E-state index in [4.69, 9.17) is 9.52 Å². The van der Waals surface area contributed by atoms with Gasteiger partial charge in [0.2, 0.25) is 0 Å². The third-order valence-electron chi connectivity index (χ3n) is 2.65. The third-order valence-corrected chi connectivity index (χ3v) is 2.65. The van der Waals surface area contributed by atoms with Gasteiger partial charge in [0.1, 0.15) is 5.58 Å². The van der Waals surface area contributed by atoms with Gasteiger partial charge in [0.05, 0.1) is 12.7 Å². The molecular weight excluding hydrogens is 218 g/mol. The normalized spacial score (nSPS) is 10.8. The third kappa shape index (κ3) is 3.07. The van der Waals surface area contributed by atoms with Crippen molar-refractivity contribution in [3.63, 3.8) is 0 Å². The highest BCUT2D eigenvalue weighted by molar-refractivity contribution is 5.80. The molecule has 0 bridgehead atoms. The van der Waals surface area contributed by atoms with E-state index in [1.54, 1.807) is 6.26 Å². The van der Waals surface area contributed by atoms with Gasteiger partial charge in [-0.2, -0.15) is 0 Å². The van der Waals surface area contributed by atoms with Crippen LogP contribution < -0.4 is 5.32 Å². The Morgan fingerprint density at radius 2 is 2.12 bits per heavy atom. The van der Waals surface area contributed by atoms with Gasteiger partial charge in [-0.05, 0) is 24.6 Å². The smallest absolute Gasteiger partial charge is 0.304 e. The minimum Gasteiger partial charge on any atom is -0.481 e. The van der Waals surface area contributed by atoms with Crippen molar-refractivity contribution >= 4 is 16.9 Å². The molecule has 0 amide bonds. The molecule has 0 aliphatic carbocycles. The average Bonchev–Trinajstić information content (AvgIpc) is 2.72. The zero-order chi connectivity index (χ0) is 12.1. The second-order valence-corrected chi connectivity index (χ2v) is 3.90. The average molecular weight is 233 g/mol. The van der Waals surface area contributed by atoms with Crippen molar-refractivity contribution in [3.8, 4) is 0 Å². The fourth-order valence-corrected chi connectivity index (χ4v) is 1.77. The van der Waals surface area contributed by atoms with Gasteiger partial charge in [0.25, 0.3) is 0 Å². The van der Waals surface area contributed by atoms with Crippen LogP contribution in [0.1, 0.15) is 12.0 Å². The maximum atomic E-state index is 10.3. The van der Waals surface area contributed by atoms with Gasteiger partial charge in [0, 0.05) is 11.9 Å². The lowest BCUT2D eigenvalue weighted by Gasteiger charge is -2.01. The number of carboxylic acids is 1. The van der Waals surface area contributed by atoms with Crippen LogP contribution in [0.2, 0.25) is 0 Å². The summed E-state index contributed by atoms with van der Waals surface area (Å²) in [4.78, 5) is 10.3. The van der Waals surface area contributed by atoms with E-state index in [1.807, 2.05) is 24.3 Å². The zero-order valence-electron chi connectivity index (χ0n) is 9.48. The van der Waals surface area contributed by atoms with Crippen molar-refractivity contribution < 1.29 is 14.3 Å². The Hall–Kier alpha value is -1.81. The lowest BCUT2D eigenvalue weighted by atomic mass is 10.1. The van der Waals surface area contributed by atoms with Gasteiger partial charge in [-0.3, -0.25) is 4.79 Å². The van der Waals surface area contributed by atoms with E-state index in [-0.39, 0.29) is 6.42 Å². The first-order valence-electron chi connectivity index (χ1n) is 5.65. The number of hydrogen-bond donors (Lipinski definition) is 2. The van der Waals surface area contributed by atoms with E-state index in [1.165, 1.54) is 0 Å². The molecule has 0 saturated heterocycles. The molecular formula is C13H15NO3. The topological polar surface area (TPSA) is 62.5 Å². The van der Waals surface area contributed by atoms with Crippen LogP contribution in [0.15, 0.2) is 34.9 Å². The van der Waals surface area contributed by atoms with Crippen molar-refractivity contribution in [2.45, 2.75) is 12.8 Å². The van der Waals surface area contributed by atoms with E-state index in [2.05, 4.69) is 5.32 Å². The second kappa shape index (κ2) is 5.50. The molecule has 0 radical (unpaired) electrons. The van der Waals surface area contributed by atoms with E-state index < -0.39 is 5.97 Å². The molecule has 4 heteroatoms. The Morgan fingerprint density at radius 3 is 2.94 bits per heavy atom. The van der Waals surface area contributed by atoms with Crippen LogP contribution in [0.3, 0.4) is 0 Å². The van der Waals surface area contributed by atoms with Gasteiger partial charge in [-0.1, -0.05) is 18.2 Å². The van der Waals surface area contributed by atoms with Crippen molar-refractivity contribution in [3.05, 3.63) is 36.1 Å². The number of aliphatic carboxylic acids is 1. The number of para-hydroxylation sites is 1. The highest BCUT2D eigenvalue weighted by Gasteiger charge is 2.04. The van der Waals surface area contributed by atoms with Gasteiger partial charge in [0.15, 0.2) is 0 Å². The molecule has 0 spiro atoms. The number of fused-ring (bicyclic) bond motifs is 1. The molecule has 0 unspecified atom stereocenters. The molecule has 1 aromatic heterocycles. The van der Waals surface area contributed by atoms with Crippen LogP contribution in [0.4, 0.5) is 0 Å². The molecule has 0 atom stereocenters.